The van der Waals surface area contributed by atoms with Gasteiger partial charge in [0.05, 0.1) is 12.1 Å². The van der Waals surface area contributed by atoms with Crippen LogP contribution in [0.4, 0.5) is 0 Å². The Labute approximate surface area is 205 Å². The van der Waals surface area contributed by atoms with E-state index >= 15 is 0 Å². The number of carbonyl (C=O) groups is 1. The van der Waals surface area contributed by atoms with Gasteiger partial charge in [-0.15, -0.1) is 11.3 Å². The lowest BCUT2D eigenvalue weighted by Gasteiger charge is -2.15. The molecule has 5 N–H and O–H groups in total. The molecule has 1 saturated carbocycles. The lowest BCUT2D eigenvalue weighted by atomic mass is 9.97. The van der Waals surface area contributed by atoms with Crippen LogP contribution in [0.3, 0.4) is 0 Å². The Morgan fingerprint density at radius 1 is 1.06 bits per heavy atom. The predicted molar refractivity (Wildman–Crippen MR) is 149 cm³/mol. The minimum Gasteiger partial charge on any atom is -0.389 e. The summed E-state index contributed by atoms with van der Waals surface area (Å²) in [5, 5.41) is 9.44. The molecule has 0 saturated heterocycles. The average molecular weight is 476 g/mol. The molecule has 194 valence electrons. The Hall–Kier alpha value is -1.34. The molecule has 6 heteroatoms. The summed E-state index contributed by atoms with van der Waals surface area (Å²) in [6.45, 7) is 20.3. The maximum absolute atomic E-state index is 8.92. The van der Waals surface area contributed by atoms with Gasteiger partial charge in [-0.2, -0.15) is 0 Å². The zero-order valence-electron chi connectivity index (χ0n) is 22.9. The van der Waals surface area contributed by atoms with Crippen LogP contribution in [0.15, 0.2) is 40.9 Å². The molecule has 1 aromatic rings. The molecule has 32 heavy (non-hydrogen) atoms. The highest BCUT2D eigenvalue weighted by atomic mass is 32.1. The molecule has 1 aliphatic rings. The number of carbonyl (C=O) groups excluding carboxylic acids is 1. The predicted octanol–water partition coefficient (Wildman–Crippen LogP) is 7.17. The smallest absolute Gasteiger partial charge is 0.145 e. The Kier molecular flexibility index (Phi) is 79.1. The first-order chi connectivity index (χ1) is 15.6. The third-order valence-corrected chi connectivity index (χ3v) is 3.46. The van der Waals surface area contributed by atoms with Gasteiger partial charge in [-0.25, -0.2) is 0 Å². The van der Waals surface area contributed by atoms with Crippen molar-refractivity contribution < 1.29 is 9.90 Å². The number of nitrogens with zero attached hydrogens (tertiary/aromatic N) is 1. The van der Waals surface area contributed by atoms with E-state index in [1.54, 1.807) is 23.0 Å². The Morgan fingerprint density at radius 2 is 1.53 bits per heavy atom. The van der Waals surface area contributed by atoms with Gasteiger partial charge in [0.2, 0.25) is 0 Å². The molecule has 0 amide bonds. The lowest BCUT2D eigenvalue weighted by Crippen LogP contribution is -2.22. The van der Waals surface area contributed by atoms with Crippen LogP contribution in [0.1, 0.15) is 101 Å². The van der Waals surface area contributed by atoms with Gasteiger partial charge in [0.15, 0.2) is 0 Å². The number of aldehydes is 1. The summed E-state index contributed by atoms with van der Waals surface area (Å²) in [5.74, 6) is 0. The second kappa shape index (κ2) is 57.1. The van der Waals surface area contributed by atoms with Gasteiger partial charge >= 0.3 is 0 Å². The summed E-state index contributed by atoms with van der Waals surface area (Å²) in [7, 11) is 0. The quantitative estimate of drug-likeness (QED) is 0.317. The first kappa shape index (κ1) is 44.4. The van der Waals surface area contributed by atoms with E-state index in [4.69, 9.17) is 21.4 Å². The summed E-state index contributed by atoms with van der Waals surface area (Å²) in [4.78, 5) is 12.7. The van der Waals surface area contributed by atoms with E-state index in [1.165, 1.54) is 37.7 Å². The molecule has 0 unspecified atom stereocenters. The molecule has 1 fully saturated rings. The zero-order valence-corrected chi connectivity index (χ0v) is 23.8. The monoisotopic (exact) mass is 475 g/mol. The van der Waals surface area contributed by atoms with Gasteiger partial charge in [0.25, 0.3) is 0 Å². The summed E-state index contributed by atoms with van der Waals surface area (Å²) in [6.07, 6.45) is 14.9. The number of aliphatic hydroxyl groups is 1. The van der Waals surface area contributed by atoms with Gasteiger partial charge < -0.3 is 21.4 Å². The van der Waals surface area contributed by atoms with E-state index in [1.807, 2.05) is 92.8 Å². The van der Waals surface area contributed by atoms with Crippen molar-refractivity contribution in [3.05, 3.63) is 40.9 Å². The zero-order chi connectivity index (χ0) is 26.5. The van der Waals surface area contributed by atoms with Crippen molar-refractivity contribution in [2.45, 2.75) is 107 Å². The molecule has 5 nitrogen and oxygen atoms in total. The number of nitrogens with two attached hydrogens (primary N) is 2. The molecule has 0 bridgehead atoms. The highest BCUT2D eigenvalue weighted by Gasteiger charge is 2.06. The fraction of sp³-hybridized carbons (Fsp3) is 0.692. The molecule has 2 rings (SSSR count). The molecule has 0 spiro atoms. The van der Waals surface area contributed by atoms with Gasteiger partial charge in [-0.05, 0) is 26.7 Å². The van der Waals surface area contributed by atoms with Gasteiger partial charge in [-0.1, -0.05) is 98.5 Å². The van der Waals surface area contributed by atoms with E-state index in [0.717, 1.165) is 0 Å². The summed E-state index contributed by atoms with van der Waals surface area (Å²) in [5.41, 5.74) is 13.9. The Balaban J connectivity index is -0.0000000648. The maximum atomic E-state index is 8.92. The fourth-order valence-electron chi connectivity index (χ4n) is 1.83. The van der Waals surface area contributed by atoms with Crippen molar-refractivity contribution in [2.75, 3.05) is 13.2 Å². The Morgan fingerprint density at radius 3 is 1.72 bits per heavy atom. The van der Waals surface area contributed by atoms with Crippen molar-refractivity contribution in [1.82, 2.24) is 4.98 Å². The third-order valence-electron chi connectivity index (χ3n) is 2.94. The van der Waals surface area contributed by atoms with E-state index in [-0.39, 0.29) is 6.61 Å². The van der Waals surface area contributed by atoms with Gasteiger partial charge in [0.1, 0.15) is 6.29 Å². The number of aromatic nitrogens is 1. The molecule has 1 heterocycles. The Bertz CT molecular complexity index is 386. The molecule has 0 radical (unpaired) electrons. The number of hydrogen-bond donors (Lipinski definition) is 3. The van der Waals surface area contributed by atoms with E-state index in [9.17, 15) is 0 Å². The fourth-order valence-corrected chi connectivity index (χ4v) is 2.18. The molecule has 0 atom stereocenters. The van der Waals surface area contributed by atoms with Crippen LogP contribution in [0.5, 0.6) is 0 Å². The van der Waals surface area contributed by atoms with Crippen molar-refractivity contribution in [1.29, 1.82) is 0 Å². The van der Waals surface area contributed by atoms with E-state index in [2.05, 4.69) is 4.98 Å². The van der Waals surface area contributed by atoms with Crippen LogP contribution >= 0.6 is 11.3 Å². The molecular formula is C26H57N3O2S. The summed E-state index contributed by atoms with van der Waals surface area (Å²) < 4.78 is 0. The van der Waals surface area contributed by atoms with Crippen LogP contribution in [0, 0.1) is 0 Å². The molecular weight excluding hydrogens is 418 g/mol. The van der Waals surface area contributed by atoms with Crippen molar-refractivity contribution >= 4 is 17.6 Å². The third kappa shape index (κ3) is 63.0. The topological polar surface area (TPSA) is 102 Å². The van der Waals surface area contributed by atoms with Crippen LogP contribution < -0.4 is 11.5 Å². The van der Waals surface area contributed by atoms with E-state index < -0.39 is 0 Å². The number of hydrogen-bond acceptors (Lipinski definition) is 6. The lowest BCUT2D eigenvalue weighted by molar-refractivity contribution is -0.110. The van der Waals surface area contributed by atoms with Crippen LogP contribution in [0.2, 0.25) is 0 Å². The van der Waals surface area contributed by atoms with Crippen LogP contribution in [0.25, 0.3) is 0 Å². The summed E-state index contributed by atoms with van der Waals surface area (Å²) in [6, 6.07) is 0.536. The normalized spacial score (nSPS) is 11.6. The highest BCUT2D eigenvalue weighted by molar-refractivity contribution is 7.07. The standard InChI is InChI=1S/C7H13N.C6H13N.C3H3NS.C2H4O2.4C2H6/c1-3-4-7(2)5-6-8;7-6-4-2-1-3-5-6;1-2-5-3-4-1;3-1-2-4;4*1-2/h3-5H,6,8H2,1-2H3;6H,1-5,7H2;1-3H;1,4H,2H2;4*1-2H3/b4-3-,7-5-;;;;;;;. The number of allylic oxidation sites excluding steroid dienone is 3. The average Bonchev–Trinajstić information content (AvgIpc) is 3.46. The molecule has 1 aromatic heterocycles. The van der Waals surface area contributed by atoms with Crippen molar-refractivity contribution in [3.63, 3.8) is 0 Å². The molecule has 0 aliphatic heterocycles. The van der Waals surface area contributed by atoms with Crippen molar-refractivity contribution in [2.24, 2.45) is 11.5 Å². The van der Waals surface area contributed by atoms with Crippen molar-refractivity contribution in [3.8, 4) is 0 Å². The number of rotatable bonds is 3. The van der Waals surface area contributed by atoms with Gasteiger partial charge in [0, 0.05) is 24.2 Å². The second-order valence-electron chi connectivity index (χ2n) is 5.11. The highest BCUT2D eigenvalue weighted by Crippen LogP contribution is 2.14. The second-order valence-corrected chi connectivity index (χ2v) is 5.86. The first-order valence-electron chi connectivity index (χ1n) is 12.2. The minimum atomic E-state index is -0.361. The largest absolute Gasteiger partial charge is 0.389 e. The maximum Gasteiger partial charge on any atom is 0.145 e. The summed E-state index contributed by atoms with van der Waals surface area (Å²) >= 11 is 1.60. The van der Waals surface area contributed by atoms with Crippen LogP contribution in [-0.2, 0) is 4.79 Å². The first-order valence-corrected chi connectivity index (χ1v) is 13.2. The molecule has 1 aliphatic carbocycles. The number of aliphatic hydroxyl groups excluding tert-OH is 1. The minimum absolute atomic E-state index is 0.361. The van der Waals surface area contributed by atoms with Gasteiger partial charge in [-0.3, -0.25) is 4.98 Å². The van der Waals surface area contributed by atoms with E-state index in [0.29, 0.717) is 18.9 Å². The van der Waals surface area contributed by atoms with Crippen LogP contribution in [-0.4, -0.2) is 35.6 Å². The number of thiazole rings is 1. The SMILES string of the molecule is C/C=C\C(C)=C/CN.CC.CC.CC.CC.NC1CCCCC1.O=CCO.c1cscn1. The molecule has 0 aromatic carbocycles.